The molecule has 2 aromatic rings. The Bertz CT molecular complexity index is 447. The molecule has 5 heteroatoms. The molecule has 92 valence electrons. The molecule has 1 unspecified atom stereocenters. The van der Waals surface area contributed by atoms with Gasteiger partial charge < -0.3 is 9.73 Å². The Kier molecular flexibility index (Phi) is 4.85. The molecule has 0 radical (unpaired) electrons. The van der Waals surface area contributed by atoms with Gasteiger partial charge in [-0.3, -0.25) is 0 Å². The summed E-state index contributed by atoms with van der Waals surface area (Å²) in [6.45, 7) is 3.05. The molecule has 2 aromatic heterocycles. The number of thiophene rings is 1. The minimum absolute atomic E-state index is 0.404. The van der Waals surface area contributed by atoms with Crippen LogP contribution in [-0.4, -0.2) is 6.04 Å². The first-order chi connectivity index (χ1) is 8.15. The highest BCUT2D eigenvalue weighted by molar-refractivity contribution is 9.13. The van der Waals surface area contributed by atoms with Crippen molar-refractivity contribution in [2.75, 3.05) is 0 Å². The molecule has 0 fully saturated rings. The lowest BCUT2D eigenvalue weighted by molar-refractivity contribution is 0.457. The second-order valence-electron chi connectivity index (χ2n) is 3.90. The average molecular weight is 379 g/mol. The molecule has 0 amide bonds. The molecule has 2 rings (SSSR count). The van der Waals surface area contributed by atoms with Crippen LogP contribution in [0.2, 0.25) is 0 Å². The van der Waals surface area contributed by atoms with Crippen molar-refractivity contribution in [3.63, 3.8) is 0 Å². The summed E-state index contributed by atoms with van der Waals surface area (Å²) in [6, 6.07) is 6.48. The molecule has 0 aliphatic rings. The van der Waals surface area contributed by atoms with Gasteiger partial charge in [0.05, 0.1) is 10.0 Å². The fraction of sp³-hybridized carbons (Fsp3) is 0.333. The zero-order valence-electron chi connectivity index (χ0n) is 9.37. The largest absolute Gasteiger partial charge is 0.469 e. The van der Waals surface area contributed by atoms with Crippen LogP contribution in [0.3, 0.4) is 0 Å². The van der Waals surface area contributed by atoms with Gasteiger partial charge in [0.15, 0.2) is 0 Å². The maximum atomic E-state index is 5.33. The quantitative estimate of drug-likeness (QED) is 0.823. The van der Waals surface area contributed by atoms with Crippen LogP contribution in [0.25, 0.3) is 0 Å². The summed E-state index contributed by atoms with van der Waals surface area (Å²) in [5, 5.41) is 3.49. The standard InChI is InChI=1S/C12H13Br2NOS/c1-8(5-9-3-2-4-16-9)15-7-10-6-11(13)12(14)17-10/h2-4,6,8,15H,5,7H2,1H3. The van der Waals surface area contributed by atoms with Crippen LogP contribution in [0.4, 0.5) is 0 Å². The van der Waals surface area contributed by atoms with E-state index >= 15 is 0 Å². The van der Waals surface area contributed by atoms with Crippen molar-refractivity contribution in [3.8, 4) is 0 Å². The molecule has 0 aromatic carbocycles. The molecule has 2 heterocycles. The van der Waals surface area contributed by atoms with Crippen LogP contribution < -0.4 is 5.32 Å². The van der Waals surface area contributed by atoms with Crippen LogP contribution in [0.15, 0.2) is 37.1 Å². The number of hydrogen-bond acceptors (Lipinski definition) is 3. The fourth-order valence-electron chi connectivity index (χ4n) is 1.56. The van der Waals surface area contributed by atoms with Crippen LogP contribution in [0.1, 0.15) is 17.6 Å². The molecule has 1 N–H and O–H groups in total. The van der Waals surface area contributed by atoms with Crippen molar-refractivity contribution >= 4 is 43.2 Å². The van der Waals surface area contributed by atoms with Gasteiger partial charge in [-0.05, 0) is 57.0 Å². The second kappa shape index (κ2) is 6.18. The van der Waals surface area contributed by atoms with E-state index in [1.165, 1.54) is 4.88 Å². The predicted molar refractivity (Wildman–Crippen MR) is 78.4 cm³/mol. The second-order valence-corrected chi connectivity index (χ2v) is 7.21. The Balaban J connectivity index is 1.81. The van der Waals surface area contributed by atoms with Gasteiger partial charge in [-0.1, -0.05) is 0 Å². The van der Waals surface area contributed by atoms with E-state index < -0.39 is 0 Å². The Hall–Kier alpha value is -0.1000. The van der Waals surface area contributed by atoms with Gasteiger partial charge in [0.1, 0.15) is 5.76 Å². The summed E-state index contributed by atoms with van der Waals surface area (Å²) in [5.41, 5.74) is 0. The van der Waals surface area contributed by atoms with Gasteiger partial charge in [0.25, 0.3) is 0 Å². The number of halogens is 2. The van der Waals surface area contributed by atoms with Crippen LogP contribution >= 0.6 is 43.2 Å². The summed E-state index contributed by atoms with van der Waals surface area (Å²) in [7, 11) is 0. The Labute approximate surface area is 122 Å². The third-order valence-electron chi connectivity index (χ3n) is 2.41. The zero-order valence-corrected chi connectivity index (χ0v) is 13.4. The van der Waals surface area contributed by atoms with E-state index in [4.69, 9.17) is 4.42 Å². The number of rotatable bonds is 5. The molecule has 0 aliphatic carbocycles. The molecule has 17 heavy (non-hydrogen) atoms. The molecular formula is C12H13Br2NOS. The zero-order chi connectivity index (χ0) is 12.3. The molecule has 0 spiro atoms. The molecule has 2 nitrogen and oxygen atoms in total. The van der Waals surface area contributed by atoms with E-state index in [0.29, 0.717) is 6.04 Å². The monoisotopic (exact) mass is 377 g/mol. The third kappa shape index (κ3) is 3.95. The van der Waals surface area contributed by atoms with E-state index in [0.717, 1.165) is 27.0 Å². The van der Waals surface area contributed by atoms with Gasteiger partial charge in [0, 0.05) is 28.4 Å². The van der Waals surface area contributed by atoms with Gasteiger partial charge >= 0.3 is 0 Å². The fourth-order valence-corrected chi connectivity index (χ4v) is 3.68. The first-order valence-electron chi connectivity index (χ1n) is 5.34. The lowest BCUT2D eigenvalue weighted by Gasteiger charge is -2.11. The van der Waals surface area contributed by atoms with Crippen LogP contribution in [0, 0.1) is 0 Å². The number of furan rings is 1. The Morgan fingerprint density at radius 1 is 1.47 bits per heavy atom. The van der Waals surface area contributed by atoms with Crippen molar-refractivity contribution in [3.05, 3.63) is 43.4 Å². The van der Waals surface area contributed by atoms with Crippen molar-refractivity contribution in [2.45, 2.75) is 25.9 Å². The van der Waals surface area contributed by atoms with Gasteiger partial charge in [-0.15, -0.1) is 11.3 Å². The summed E-state index contributed by atoms with van der Waals surface area (Å²) < 4.78 is 7.60. The minimum atomic E-state index is 0.404. The lowest BCUT2D eigenvalue weighted by atomic mass is 10.2. The van der Waals surface area contributed by atoms with E-state index in [2.05, 4.69) is 50.2 Å². The lowest BCUT2D eigenvalue weighted by Crippen LogP contribution is -2.26. The third-order valence-corrected chi connectivity index (χ3v) is 5.66. The molecule has 1 atom stereocenters. The van der Waals surface area contributed by atoms with Crippen molar-refractivity contribution in [1.82, 2.24) is 5.32 Å². The van der Waals surface area contributed by atoms with Crippen molar-refractivity contribution < 1.29 is 4.42 Å². The van der Waals surface area contributed by atoms with E-state index in [-0.39, 0.29) is 0 Å². The summed E-state index contributed by atoms with van der Waals surface area (Å²) in [5.74, 6) is 1.03. The van der Waals surface area contributed by atoms with Gasteiger partial charge in [-0.25, -0.2) is 0 Å². The molecular weight excluding hydrogens is 366 g/mol. The molecule has 0 bridgehead atoms. The van der Waals surface area contributed by atoms with Crippen LogP contribution in [-0.2, 0) is 13.0 Å². The SMILES string of the molecule is CC(Cc1ccco1)NCc1cc(Br)c(Br)s1. The summed E-state index contributed by atoms with van der Waals surface area (Å²) in [4.78, 5) is 1.31. The maximum absolute atomic E-state index is 5.33. The Morgan fingerprint density at radius 2 is 2.29 bits per heavy atom. The first-order valence-corrected chi connectivity index (χ1v) is 7.75. The van der Waals surface area contributed by atoms with Crippen molar-refractivity contribution in [2.24, 2.45) is 0 Å². The van der Waals surface area contributed by atoms with E-state index in [1.807, 2.05) is 12.1 Å². The molecule has 0 saturated carbocycles. The summed E-state index contributed by atoms with van der Waals surface area (Å²) in [6.07, 6.45) is 2.64. The highest BCUT2D eigenvalue weighted by Gasteiger charge is 2.08. The number of hydrogen-bond donors (Lipinski definition) is 1. The minimum Gasteiger partial charge on any atom is -0.469 e. The topological polar surface area (TPSA) is 25.2 Å². The van der Waals surface area contributed by atoms with E-state index in [9.17, 15) is 0 Å². The predicted octanol–water partition coefficient (Wildman–Crippen LogP) is 4.59. The van der Waals surface area contributed by atoms with Gasteiger partial charge in [-0.2, -0.15) is 0 Å². The first kappa shape index (κ1) is 13.3. The Morgan fingerprint density at radius 3 is 2.88 bits per heavy atom. The van der Waals surface area contributed by atoms with Crippen LogP contribution in [0.5, 0.6) is 0 Å². The normalized spacial score (nSPS) is 12.9. The average Bonchev–Trinajstić information content (AvgIpc) is 2.87. The molecule has 0 saturated heterocycles. The van der Waals surface area contributed by atoms with E-state index in [1.54, 1.807) is 17.6 Å². The highest BCUT2D eigenvalue weighted by atomic mass is 79.9. The molecule has 0 aliphatic heterocycles. The maximum Gasteiger partial charge on any atom is 0.105 e. The van der Waals surface area contributed by atoms with Gasteiger partial charge in [0.2, 0.25) is 0 Å². The highest BCUT2D eigenvalue weighted by Crippen LogP contribution is 2.32. The number of nitrogens with one attached hydrogen (secondary N) is 1. The smallest absolute Gasteiger partial charge is 0.105 e. The van der Waals surface area contributed by atoms with Crippen molar-refractivity contribution in [1.29, 1.82) is 0 Å². The summed E-state index contributed by atoms with van der Waals surface area (Å²) >= 11 is 8.74.